The Labute approximate surface area is 103 Å². The van der Waals surface area contributed by atoms with Gasteiger partial charge in [-0.3, -0.25) is 4.90 Å². The van der Waals surface area contributed by atoms with Crippen molar-refractivity contribution in [1.82, 2.24) is 25.0 Å². The van der Waals surface area contributed by atoms with Crippen LogP contribution in [-0.2, 0) is 13.1 Å². The van der Waals surface area contributed by atoms with Gasteiger partial charge in [-0.05, 0) is 26.8 Å². The van der Waals surface area contributed by atoms with E-state index >= 15 is 0 Å². The van der Waals surface area contributed by atoms with Crippen LogP contribution in [0.4, 0.5) is 0 Å². The van der Waals surface area contributed by atoms with Crippen molar-refractivity contribution >= 4 is 0 Å². The number of aromatic nitrogens is 3. The summed E-state index contributed by atoms with van der Waals surface area (Å²) in [4.78, 5) is 2.48. The number of rotatable bonds is 5. The van der Waals surface area contributed by atoms with Gasteiger partial charge in [0.1, 0.15) is 12.2 Å². The van der Waals surface area contributed by atoms with Crippen molar-refractivity contribution in [3.63, 3.8) is 0 Å². The third-order valence-electron chi connectivity index (χ3n) is 3.68. The Morgan fingerprint density at radius 3 is 3.00 bits per heavy atom. The summed E-state index contributed by atoms with van der Waals surface area (Å²) in [6, 6.07) is 1.05. The second kappa shape index (κ2) is 5.60. The van der Waals surface area contributed by atoms with Gasteiger partial charge in [0.2, 0.25) is 0 Å². The van der Waals surface area contributed by atoms with E-state index < -0.39 is 0 Å². The van der Waals surface area contributed by atoms with Crippen LogP contribution in [-0.4, -0.2) is 44.8 Å². The predicted molar refractivity (Wildman–Crippen MR) is 67.6 cm³/mol. The summed E-state index contributed by atoms with van der Waals surface area (Å²) < 4.78 is 2.15. The molecule has 0 saturated heterocycles. The highest BCUT2D eigenvalue weighted by Crippen LogP contribution is 2.14. The minimum Gasteiger partial charge on any atom is -0.315 e. The average molecular weight is 237 g/mol. The van der Waals surface area contributed by atoms with Crippen LogP contribution >= 0.6 is 0 Å². The highest BCUT2D eigenvalue weighted by atomic mass is 15.3. The number of fused-ring (bicyclic) bond motifs is 1. The lowest BCUT2D eigenvalue weighted by atomic mass is 10.1. The molecule has 1 aromatic heterocycles. The molecule has 0 amide bonds. The van der Waals surface area contributed by atoms with E-state index in [1.165, 1.54) is 6.42 Å². The number of hydrogen-bond donors (Lipinski definition) is 1. The summed E-state index contributed by atoms with van der Waals surface area (Å²) in [7, 11) is 0. The molecule has 0 spiro atoms. The van der Waals surface area contributed by atoms with Gasteiger partial charge in [-0.15, -0.1) is 10.2 Å². The van der Waals surface area contributed by atoms with Crippen LogP contribution in [0.5, 0.6) is 0 Å². The van der Waals surface area contributed by atoms with E-state index in [-0.39, 0.29) is 0 Å². The largest absolute Gasteiger partial charge is 0.315 e. The molecule has 1 aliphatic heterocycles. The van der Waals surface area contributed by atoms with Gasteiger partial charge in [-0.2, -0.15) is 0 Å². The maximum atomic E-state index is 4.16. The molecule has 5 nitrogen and oxygen atoms in total. The van der Waals surface area contributed by atoms with Crippen LogP contribution in [0.15, 0.2) is 6.33 Å². The molecule has 2 heterocycles. The molecule has 2 unspecified atom stereocenters. The Hall–Kier alpha value is -0.940. The second-order valence-electron chi connectivity index (χ2n) is 4.89. The SMILES string of the molecule is CCCNC(C)C(C)N1CCn2cnnc2C1. The molecule has 0 bridgehead atoms. The van der Waals surface area contributed by atoms with Crippen molar-refractivity contribution < 1.29 is 0 Å². The van der Waals surface area contributed by atoms with E-state index in [2.05, 4.69) is 45.8 Å². The lowest BCUT2D eigenvalue weighted by molar-refractivity contribution is 0.136. The van der Waals surface area contributed by atoms with Crippen molar-refractivity contribution in [1.29, 1.82) is 0 Å². The zero-order valence-electron chi connectivity index (χ0n) is 11.1. The quantitative estimate of drug-likeness (QED) is 0.825. The molecule has 0 saturated carbocycles. The Morgan fingerprint density at radius 2 is 2.24 bits per heavy atom. The summed E-state index contributed by atoms with van der Waals surface area (Å²) in [6.07, 6.45) is 3.02. The van der Waals surface area contributed by atoms with Gasteiger partial charge in [0.15, 0.2) is 0 Å². The lowest BCUT2D eigenvalue weighted by Gasteiger charge is -2.35. The maximum Gasteiger partial charge on any atom is 0.147 e. The molecule has 1 aromatic rings. The van der Waals surface area contributed by atoms with Crippen LogP contribution in [0.25, 0.3) is 0 Å². The Balaban J connectivity index is 1.91. The molecule has 0 aromatic carbocycles. The molecule has 2 rings (SSSR count). The van der Waals surface area contributed by atoms with E-state index in [9.17, 15) is 0 Å². The van der Waals surface area contributed by atoms with Crippen molar-refractivity contribution in [2.45, 2.75) is 52.4 Å². The van der Waals surface area contributed by atoms with E-state index in [4.69, 9.17) is 0 Å². The first kappa shape index (κ1) is 12.5. The fourth-order valence-corrected chi connectivity index (χ4v) is 2.29. The van der Waals surface area contributed by atoms with Crippen LogP contribution in [0.2, 0.25) is 0 Å². The minimum absolute atomic E-state index is 0.518. The van der Waals surface area contributed by atoms with Crippen LogP contribution < -0.4 is 5.32 Å². The second-order valence-corrected chi connectivity index (χ2v) is 4.89. The maximum absolute atomic E-state index is 4.16. The fourth-order valence-electron chi connectivity index (χ4n) is 2.29. The standard InChI is InChI=1S/C12H23N5/c1-4-5-13-10(2)11(3)16-6-7-17-9-14-15-12(17)8-16/h9-11,13H,4-8H2,1-3H3. The molecular weight excluding hydrogens is 214 g/mol. The van der Waals surface area contributed by atoms with Crippen molar-refractivity contribution in [3.8, 4) is 0 Å². The molecule has 2 atom stereocenters. The minimum atomic E-state index is 0.518. The van der Waals surface area contributed by atoms with Crippen LogP contribution in [0.3, 0.4) is 0 Å². The Kier molecular flexibility index (Phi) is 4.12. The van der Waals surface area contributed by atoms with Crippen molar-refractivity contribution in [2.75, 3.05) is 13.1 Å². The summed E-state index contributed by atoms with van der Waals surface area (Å²) in [5.74, 6) is 1.09. The highest BCUT2D eigenvalue weighted by Gasteiger charge is 2.24. The molecule has 1 N–H and O–H groups in total. The monoisotopic (exact) mass is 237 g/mol. The molecule has 96 valence electrons. The summed E-state index contributed by atoms with van der Waals surface area (Å²) >= 11 is 0. The van der Waals surface area contributed by atoms with Gasteiger partial charge in [0, 0.05) is 25.2 Å². The van der Waals surface area contributed by atoms with Gasteiger partial charge in [0.25, 0.3) is 0 Å². The third kappa shape index (κ3) is 2.84. The van der Waals surface area contributed by atoms with Gasteiger partial charge in [-0.1, -0.05) is 6.92 Å². The molecule has 5 heteroatoms. The van der Waals surface area contributed by atoms with Gasteiger partial charge >= 0.3 is 0 Å². The van der Waals surface area contributed by atoms with Gasteiger partial charge < -0.3 is 9.88 Å². The smallest absolute Gasteiger partial charge is 0.147 e. The highest BCUT2D eigenvalue weighted by molar-refractivity contribution is 4.92. The average Bonchev–Trinajstić information content (AvgIpc) is 2.81. The van der Waals surface area contributed by atoms with Gasteiger partial charge in [-0.25, -0.2) is 0 Å². The van der Waals surface area contributed by atoms with Gasteiger partial charge in [0.05, 0.1) is 6.54 Å². The fraction of sp³-hybridized carbons (Fsp3) is 0.833. The molecule has 0 aliphatic carbocycles. The first-order chi connectivity index (χ1) is 8.22. The zero-order valence-corrected chi connectivity index (χ0v) is 11.1. The van der Waals surface area contributed by atoms with E-state index in [1.54, 1.807) is 0 Å². The Morgan fingerprint density at radius 1 is 1.41 bits per heavy atom. The summed E-state index contributed by atoms with van der Waals surface area (Å²) in [5, 5.41) is 11.7. The van der Waals surface area contributed by atoms with Crippen molar-refractivity contribution in [3.05, 3.63) is 12.2 Å². The first-order valence-electron chi connectivity index (χ1n) is 6.56. The van der Waals surface area contributed by atoms with E-state index in [1.807, 2.05) is 6.33 Å². The van der Waals surface area contributed by atoms with E-state index in [0.717, 1.165) is 32.0 Å². The van der Waals surface area contributed by atoms with Crippen molar-refractivity contribution in [2.24, 2.45) is 0 Å². The molecule has 17 heavy (non-hydrogen) atoms. The normalized spacial score (nSPS) is 19.9. The number of nitrogens with one attached hydrogen (secondary N) is 1. The molecule has 0 fully saturated rings. The molecule has 0 radical (unpaired) electrons. The van der Waals surface area contributed by atoms with Crippen LogP contribution in [0.1, 0.15) is 33.0 Å². The molecule has 1 aliphatic rings. The lowest BCUT2D eigenvalue weighted by Crippen LogP contribution is -2.49. The number of hydrogen-bond acceptors (Lipinski definition) is 4. The molecular formula is C12H23N5. The summed E-state index contributed by atoms with van der Waals surface area (Å²) in [6.45, 7) is 10.9. The topological polar surface area (TPSA) is 46.0 Å². The van der Waals surface area contributed by atoms with E-state index in [0.29, 0.717) is 12.1 Å². The summed E-state index contributed by atoms with van der Waals surface area (Å²) in [5.41, 5.74) is 0. The predicted octanol–water partition coefficient (Wildman–Crippen LogP) is 0.870. The number of nitrogens with zero attached hydrogens (tertiary/aromatic N) is 4. The third-order valence-corrected chi connectivity index (χ3v) is 3.68. The Bertz CT molecular complexity index is 348. The van der Waals surface area contributed by atoms with Crippen LogP contribution in [0, 0.1) is 0 Å². The zero-order chi connectivity index (χ0) is 12.3. The first-order valence-corrected chi connectivity index (χ1v) is 6.56.